The molecule has 0 unspecified atom stereocenters. The van der Waals surface area contributed by atoms with Gasteiger partial charge in [0.05, 0.1) is 12.8 Å². The second kappa shape index (κ2) is 7.68. The lowest BCUT2D eigenvalue weighted by molar-refractivity contribution is -0.119. The number of carbonyl (C=O) groups is 1. The average Bonchev–Trinajstić information content (AvgIpc) is 2.48. The summed E-state index contributed by atoms with van der Waals surface area (Å²) < 4.78 is 26.2. The number of aryl methyl sites for hydroxylation is 3. The molecule has 0 fully saturated rings. The molecule has 1 amide bonds. The molecule has 0 saturated carbocycles. The molecule has 0 aromatic heterocycles. The van der Waals surface area contributed by atoms with E-state index in [1.165, 1.54) is 6.07 Å². The maximum atomic E-state index is 13.4. The topological polar surface area (TPSA) is 53.5 Å². The molecular weight excluding hydrogens is 312 g/mol. The van der Waals surface area contributed by atoms with Crippen LogP contribution in [0.3, 0.4) is 0 Å². The maximum Gasteiger partial charge on any atom is 0.259 e. The number of amides is 1. The first kappa shape index (κ1) is 17.6. The number of halogens is 2. The maximum absolute atomic E-state index is 13.4. The molecule has 2 aromatic rings. The van der Waals surface area contributed by atoms with Gasteiger partial charge >= 0.3 is 0 Å². The van der Waals surface area contributed by atoms with Gasteiger partial charge in [-0.1, -0.05) is 17.7 Å². The number of anilines is 1. The van der Waals surface area contributed by atoms with E-state index >= 15 is 0 Å². The van der Waals surface area contributed by atoms with Gasteiger partial charge in [0.15, 0.2) is 0 Å². The van der Waals surface area contributed by atoms with Gasteiger partial charge in [-0.25, -0.2) is 14.2 Å². The number of carbonyl (C=O) groups excluding carboxylic acids is 1. The summed E-state index contributed by atoms with van der Waals surface area (Å²) in [4.78, 5) is 11.8. The average molecular weight is 331 g/mol. The summed E-state index contributed by atoms with van der Waals surface area (Å²) in [5, 5.41) is 6.74. The highest BCUT2D eigenvalue weighted by Gasteiger charge is 2.06. The van der Waals surface area contributed by atoms with Crippen LogP contribution in [0.1, 0.15) is 22.3 Å². The molecule has 2 rings (SSSR count). The first-order valence-electron chi connectivity index (χ1n) is 7.45. The van der Waals surface area contributed by atoms with Crippen molar-refractivity contribution in [2.45, 2.75) is 20.8 Å². The normalized spacial score (nSPS) is 10.9. The number of nitrogens with one attached hydrogen (secondary N) is 2. The van der Waals surface area contributed by atoms with Gasteiger partial charge in [0.25, 0.3) is 5.91 Å². The van der Waals surface area contributed by atoms with Gasteiger partial charge in [0, 0.05) is 17.3 Å². The third-order valence-electron chi connectivity index (χ3n) is 3.46. The zero-order valence-electron chi connectivity index (χ0n) is 13.8. The Kier molecular flexibility index (Phi) is 5.63. The van der Waals surface area contributed by atoms with Crippen molar-refractivity contribution in [1.82, 2.24) is 5.43 Å². The van der Waals surface area contributed by atoms with Crippen LogP contribution in [-0.2, 0) is 4.79 Å². The van der Waals surface area contributed by atoms with E-state index in [-0.39, 0.29) is 18.0 Å². The van der Waals surface area contributed by atoms with Gasteiger partial charge in [-0.15, -0.1) is 0 Å². The Bertz CT molecular complexity index is 765. The van der Waals surface area contributed by atoms with Gasteiger partial charge in [-0.05, 0) is 44.0 Å². The van der Waals surface area contributed by atoms with Crippen LogP contribution >= 0.6 is 0 Å². The number of hydrogen-bond acceptors (Lipinski definition) is 3. The molecule has 2 aromatic carbocycles. The molecule has 0 atom stereocenters. The zero-order chi connectivity index (χ0) is 17.7. The van der Waals surface area contributed by atoms with Crippen LogP contribution in [0, 0.1) is 32.4 Å². The van der Waals surface area contributed by atoms with E-state index in [0.717, 1.165) is 40.7 Å². The Morgan fingerprint density at radius 2 is 1.79 bits per heavy atom. The lowest BCUT2D eigenvalue weighted by Crippen LogP contribution is -2.26. The molecular formula is C18H19F2N3O. The fourth-order valence-corrected chi connectivity index (χ4v) is 2.45. The summed E-state index contributed by atoms with van der Waals surface area (Å²) >= 11 is 0. The largest absolute Gasteiger partial charge is 0.376 e. The molecule has 0 saturated heterocycles. The first-order valence-corrected chi connectivity index (χ1v) is 7.45. The Morgan fingerprint density at radius 1 is 1.12 bits per heavy atom. The quantitative estimate of drug-likeness (QED) is 0.651. The summed E-state index contributed by atoms with van der Waals surface area (Å²) in [7, 11) is 0. The van der Waals surface area contributed by atoms with Crippen molar-refractivity contribution in [2.24, 2.45) is 5.10 Å². The van der Waals surface area contributed by atoms with E-state index in [2.05, 4.69) is 15.8 Å². The number of rotatable bonds is 5. The van der Waals surface area contributed by atoms with E-state index in [1.807, 2.05) is 32.9 Å². The fourth-order valence-electron chi connectivity index (χ4n) is 2.45. The number of hydrazone groups is 1. The Balaban J connectivity index is 1.91. The minimum Gasteiger partial charge on any atom is -0.376 e. The Morgan fingerprint density at radius 3 is 2.42 bits per heavy atom. The van der Waals surface area contributed by atoms with Crippen LogP contribution in [0.4, 0.5) is 14.5 Å². The molecule has 6 heteroatoms. The molecule has 0 bridgehead atoms. The van der Waals surface area contributed by atoms with Crippen LogP contribution in [0.5, 0.6) is 0 Å². The van der Waals surface area contributed by atoms with Crippen molar-refractivity contribution in [3.8, 4) is 0 Å². The lowest BCUT2D eigenvalue weighted by Gasteiger charge is -2.13. The van der Waals surface area contributed by atoms with Crippen molar-refractivity contribution < 1.29 is 13.6 Å². The number of benzene rings is 2. The standard InChI is InChI=1S/C18H19F2N3O/c1-11-6-12(2)18(13(3)7-11)21-10-17(24)23-22-9-14-4-5-15(19)8-16(14)20/h4-9,21H,10H2,1-3H3,(H,23,24)/b22-9-. The van der Waals surface area contributed by atoms with Crippen molar-refractivity contribution in [3.63, 3.8) is 0 Å². The summed E-state index contributed by atoms with van der Waals surface area (Å²) in [5.74, 6) is -1.77. The summed E-state index contributed by atoms with van der Waals surface area (Å²) in [6.07, 6.45) is 1.13. The Hall–Kier alpha value is -2.76. The van der Waals surface area contributed by atoms with Gasteiger partial charge in [-0.2, -0.15) is 5.10 Å². The monoisotopic (exact) mass is 331 g/mol. The van der Waals surface area contributed by atoms with Crippen LogP contribution in [0.15, 0.2) is 35.4 Å². The molecule has 0 aliphatic carbocycles. The molecule has 0 spiro atoms. The van der Waals surface area contributed by atoms with Gasteiger partial charge in [-0.3, -0.25) is 4.79 Å². The number of hydrogen-bond donors (Lipinski definition) is 2. The van der Waals surface area contributed by atoms with E-state index in [4.69, 9.17) is 0 Å². The SMILES string of the molecule is Cc1cc(C)c(NCC(=O)N/N=C\c2ccc(F)cc2F)c(C)c1. The number of nitrogens with zero attached hydrogens (tertiary/aromatic N) is 1. The lowest BCUT2D eigenvalue weighted by atomic mass is 10.1. The van der Waals surface area contributed by atoms with E-state index in [9.17, 15) is 13.6 Å². The minimum atomic E-state index is -0.739. The Labute approximate surface area is 139 Å². The zero-order valence-corrected chi connectivity index (χ0v) is 13.8. The predicted octanol–water partition coefficient (Wildman–Crippen LogP) is 3.45. The second-order valence-electron chi connectivity index (χ2n) is 5.59. The van der Waals surface area contributed by atoms with Crippen molar-refractivity contribution >= 4 is 17.8 Å². The second-order valence-corrected chi connectivity index (χ2v) is 5.59. The van der Waals surface area contributed by atoms with E-state index in [0.29, 0.717) is 0 Å². The van der Waals surface area contributed by atoms with Crippen LogP contribution in [-0.4, -0.2) is 18.7 Å². The van der Waals surface area contributed by atoms with Crippen molar-refractivity contribution in [1.29, 1.82) is 0 Å². The van der Waals surface area contributed by atoms with E-state index in [1.54, 1.807) is 0 Å². The minimum absolute atomic E-state index is 0.0357. The summed E-state index contributed by atoms with van der Waals surface area (Å²) in [5.41, 5.74) is 6.56. The van der Waals surface area contributed by atoms with Crippen molar-refractivity contribution in [2.75, 3.05) is 11.9 Å². The molecule has 2 N–H and O–H groups in total. The van der Waals surface area contributed by atoms with Gasteiger partial charge in [0.2, 0.25) is 0 Å². The molecule has 0 aliphatic heterocycles. The smallest absolute Gasteiger partial charge is 0.259 e. The third kappa shape index (κ3) is 4.62. The predicted molar refractivity (Wildman–Crippen MR) is 91.2 cm³/mol. The molecule has 0 heterocycles. The molecule has 4 nitrogen and oxygen atoms in total. The highest BCUT2D eigenvalue weighted by atomic mass is 19.1. The van der Waals surface area contributed by atoms with Crippen molar-refractivity contribution in [3.05, 3.63) is 64.2 Å². The van der Waals surface area contributed by atoms with E-state index < -0.39 is 11.6 Å². The van der Waals surface area contributed by atoms with Gasteiger partial charge in [0.1, 0.15) is 11.6 Å². The highest BCUT2D eigenvalue weighted by Crippen LogP contribution is 2.21. The van der Waals surface area contributed by atoms with Crippen LogP contribution in [0.25, 0.3) is 0 Å². The molecule has 126 valence electrons. The summed E-state index contributed by atoms with van der Waals surface area (Å²) in [6, 6.07) is 7.19. The van der Waals surface area contributed by atoms with Crippen LogP contribution in [0.2, 0.25) is 0 Å². The third-order valence-corrected chi connectivity index (χ3v) is 3.46. The highest BCUT2D eigenvalue weighted by molar-refractivity contribution is 5.84. The molecule has 24 heavy (non-hydrogen) atoms. The fraction of sp³-hybridized carbons (Fsp3) is 0.222. The molecule has 0 aliphatic rings. The van der Waals surface area contributed by atoms with Crippen LogP contribution < -0.4 is 10.7 Å². The van der Waals surface area contributed by atoms with Gasteiger partial charge < -0.3 is 5.32 Å². The summed E-state index contributed by atoms with van der Waals surface area (Å²) in [6.45, 7) is 5.99. The first-order chi connectivity index (χ1) is 11.4. The molecule has 0 radical (unpaired) electrons.